The van der Waals surface area contributed by atoms with Crippen LogP contribution in [0.4, 0.5) is 5.82 Å². The van der Waals surface area contributed by atoms with E-state index in [-0.39, 0.29) is 36.8 Å². The van der Waals surface area contributed by atoms with Crippen LogP contribution in [0.15, 0.2) is 48.7 Å². The number of hydrogen-bond donors (Lipinski definition) is 1. The first kappa shape index (κ1) is 21.2. The molecule has 1 saturated heterocycles. The number of hydrogen-bond acceptors (Lipinski definition) is 5. The number of nitrogens with zero attached hydrogens (tertiary/aromatic N) is 4. The lowest BCUT2D eigenvalue weighted by atomic mass is 10.0. The fourth-order valence-electron chi connectivity index (χ4n) is 2.78. The second-order valence-corrected chi connectivity index (χ2v) is 5.67. The molecular weight excluding hydrogens is 361 g/mol. The van der Waals surface area contributed by atoms with Gasteiger partial charge < -0.3 is 15.5 Å². The van der Waals surface area contributed by atoms with Gasteiger partial charge in [-0.1, -0.05) is 30.3 Å². The summed E-state index contributed by atoms with van der Waals surface area (Å²) in [4.78, 5) is 16.5. The Bertz CT molecular complexity index is 636. The van der Waals surface area contributed by atoms with Crippen molar-refractivity contribution in [3.8, 4) is 0 Å². The number of halogens is 2. The van der Waals surface area contributed by atoms with E-state index < -0.39 is 0 Å². The highest BCUT2D eigenvalue weighted by Crippen LogP contribution is 2.17. The average Bonchev–Trinajstić information content (AvgIpc) is 2.63. The van der Waals surface area contributed by atoms with Crippen molar-refractivity contribution in [1.82, 2.24) is 15.1 Å². The van der Waals surface area contributed by atoms with Gasteiger partial charge in [-0.15, -0.1) is 29.9 Å². The zero-order valence-electron chi connectivity index (χ0n) is 13.8. The van der Waals surface area contributed by atoms with E-state index in [1.165, 1.54) is 0 Å². The highest BCUT2D eigenvalue weighted by atomic mass is 35.5. The Balaban J connectivity index is 0.00000156. The molecule has 1 unspecified atom stereocenters. The Kier molecular flexibility index (Phi) is 8.61. The molecule has 3 rings (SSSR count). The molecule has 0 radical (unpaired) electrons. The number of aromatic nitrogens is 2. The first-order valence-electron chi connectivity index (χ1n) is 7.85. The Hall–Kier alpha value is -1.89. The highest BCUT2D eigenvalue weighted by Gasteiger charge is 2.23. The summed E-state index contributed by atoms with van der Waals surface area (Å²) in [5, 5.41) is 8.01. The maximum absolute atomic E-state index is 12.4. The predicted octanol–water partition coefficient (Wildman–Crippen LogP) is 2.06. The zero-order valence-corrected chi connectivity index (χ0v) is 15.5. The third-order valence-electron chi connectivity index (χ3n) is 4.14. The van der Waals surface area contributed by atoms with Crippen molar-refractivity contribution >= 4 is 36.5 Å². The second-order valence-electron chi connectivity index (χ2n) is 5.67. The van der Waals surface area contributed by atoms with E-state index in [0.717, 1.165) is 24.5 Å². The number of rotatable bonds is 4. The molecule has 2 heterocycles. The maximum Gasteiger partial charge on any atom is 0.224 e. The zero-order chi connectivity index (χ0) is 16.1. The first-order chi connectivity index (χ1) is 11.2. The minimum absolute atomic E-state index is 0. The van der Waals surface area contributed by atoms with Crippen LogP contribution >= 0.6 is 24.8 Å². The van der Waals surface area contributed by atoms with Crippen molar-refractivity contribution in [3.63, 3.8) is 0 Å². The molecule has 136 valence electrons. The van der Waals surface area contributed by atoms with Crippen LogP contribution in [0.2, 0.25) is 0 Å². The maximum atomic E-state index is 12.4. The predicted molar refractivity (Wildman–Crippen MR) is 103 cm³/mol. The molecule has 6 nitrogen and oxygen atoms in total. The van der Waals surface area contributed by atoms with Gasteiger partial charge >= 0.3 is 0 Å². The van der Waals surface area contributed by atoms with E-state index in [1.807, 2.05) is 47.4 Å². The molecule has 1 atom stereocenters. The van der Waals surface area contributed by atoms with Crippen LogP contribution in [-0.2, 0) is 4.79 Å². The highest BCUT2D eigenvalue weighted by molar-refractivity contribution is 5.85. The molecule has 2 N–H and O–H groups in total. The van der Waals surface area contributed by atoms with E-state index >= 15 is 0 Å². The minimum Gasteiger partial charge on any atom is -0.352 e. The monoisotopic (exact) mass is 383 g/mol. The SMILES string of the molecule is Cl.Cl.NC(CC(=O)N1CCN(c2cccnn2)CC1)c1ccccc1. The summed E-state index contributed by atoms with van der Waals surface area (Å²) in [5.74, 6) is 0.973. The second kappa shape index (κ2) is 10.2. The number of carbonyl (C=O) groups excluding carboxylic acids is 1. The number of nitrogens with two attached hydrogens (primary N) is 1. The van der Waals surface area contributed by atoms with Crippen LogP contribution in [-0.4, -0.2) is 47.2 Å². The van der Waals surface area contributed by atoms with Crippen LogP contribution in [0.5, 0.6) is 0 Å². The molecule has 1 aliphatic rings. The van der Waals surface area contributed by atoms with Crippen LogP contribution in [0, 0.1) is 0 Å². The molecule has 0 bridgehead atoms. The van der Waals surface area contributed by atoms with Gasteiger partial charge in [0.15, 0.2) is 5.82 Å². The molecule has 1 aromatic carbocycles. The van der Waals surface area contributed by atoms with Gasteiger partial charge in [0.25, 0.3) is 0 Å². The molecule has 0 spiro atoms. The lowest BCUT2D eigenvalue weighted by Crippen LogP contribution is -2.49. The van der Waals surface area contributed by atoms with E-state index in [1.54, 1.807) is 6.20 Å². The summed E-state index contributed by atoms with van der Waals surface area (Å²) in [6.07, 6.45) is 2.00. The third-order valence-corrected chi connectivity index (χ3v) is 4.14. The van der Waals surface area contributed by atoms with Crippen molar-refractivity contribution in [2.75, 3.05) is 31.1 Å². The van der Waals surface area contributed by atoms with E-state index in [0.29, 0.717) is 19.5 Å². The lowest BCUT2D eigenvalue weighted by molar-refractivity contribution is -0.131. The van der Waals surface area contributed by atoms with Gasteiger partial charge in [0, 0.05) is 44.8 Å². The van der Waals surface area contributed by atoms with Crippen molar-refractivity contribution in [2.24, 2.45) is 5.73 Å². The molecule has 8 heteroatoms. The number of carbonyl (C=O) groups is 1. The topological polar surface area (TPSA) is 75.4 Å². The molecule has 0 saturated carbocycles. The fraction of sp³-hybridized carbons (Fsp3) is 0.353. The third kappa shape index (κ3) is 5.56. The first-order valence-corrected chi connectivity index (χ1v) is 7.85. The molecule has 1 aliphatic heterocycles. The summed E-state index contributed by atoms with van der Waals surface area (Å²) in [6.45, 7) is 2.92. The van der Waals surface area contributed by atoms with Gasteiger partial charge in [-0.3, -0.25) is 4.79 Å². The number of anilines is 1. The molecule has 0 aliphatic carbocycles. The quantitative estimate of drug-likeness (QED) is 0.874. The van der Waals surface area contributed by atoms with Gasteiger partial charge in [0.1, 0.15) is 0 Å². The van der Waals surface area contributed by atoms with Crippen molar-refractivity contribution < 1.29 is 4.79 Å². The fourth-order valence-corrected chi connectivity index (χ4v) is 2.78. The normalized spacial score (nSPS) is 14.9. The lowest BCUT2D eigenvalue weighted by Gasteiger charge is -2.35. The van der Waals surface area contributed by atoms with E-state index in [9.17, 15) is 4.79 Å². The van der Waals surface area contributed by atoms with Gasteiger partial charge in [0.05, 0.1) is 0 Å². The standard InChI is InChI=1S/C17H21N5O.2ClH/c18-15(14-5-2-1-3-6-14)13-17(23)22-11-9-21(10-12-22)16-7-4-8-19-20-16;;/h1-8,15H,9-13,18H2;2*1H. The van der Waals surface area contributed by atoms with E-state index in [2.05, 4.69) is 15.1 Å². The van der Waals surface area contributed by atoms with Gasteiger partial charge in [-0.25, -0.2) is 0 Å². The Morgan fingerprint density at radius 3 is 2.32 bits per heavy atom. The molecule has 1 aromatic heterocycles. The van der Waals surface area contributed by atoms with Gasteiger partial charge in [-0.05, 0) is 17.7 Å². The van der Waals surface area contributed by atoms with Crippen molar-refractivity contribution in [2.45, 2.75) is 12.5 Å². The van der Waals surface area contributed by atoms with Gasteiger partial charge in [-0.2, -0.15) is 5.10 Å². The Labute approximate surface area is 160 Å². The summed E-state index contributed by atoms with van der Waals surface area (Å²) in [5.41, 5.74) is 7.14. The molecule has 2 aromatic rings. The summed E-state index contributed by atoms with van der Waals surface area (Å²) >= 11 is 0. The largest absolute Gasteiger partial charge is 0.352 e. The Morgan fingerprint density at radius 2 is 1.72 bits per heavy atom. The van der Waals surface area contributed by atoms with E-state index in [4.69, 9.17) is 5.73 Å². The average molecular weight is 384 g/mol. The molecule has 1 amide bonds. The van der Waals surface area contributed by atoms with Crippen LogP contribution in [0.25, 0.3) is 0 Å². The van der Waals surface area contributed by atoms with Crippen LogP contribution in [0.1, 0.15) is 18.0 Å². The summed E-state index contributed by atoms with van der Waals surface area (Å²) in [6, 6.07) is 13.3. The summed E-state index contributed by atoms with van der Waals surface area (Å²) in [7, 11) is 0. The molecule has 1 fully saturated rings. The number of benzene rings is 1. The Morgan fingerprint density at radius 1 is 1.04 bits per heavy atom. The number of piperazine rings is 1. The van der Waals surface area contributed by atoms with Crippen LogP contribution in [0.3, 0.4) is 0 Å². The van der Waals surface area contributed by atoms with Crippen molar-refractivity contribution in [3.05, 3.63) is 54.2 Å². The van der Waals surface area contributed by atoms with Gasteiger partial charge in [0.2, 0.25) is 5.91 Å². The molecule has 25 heavy (non-hydrogen) atoms. The molecular formula is C17H23Cl2N5O. The smallest absolute Gasteiger partial charge is 0.224 e. The summed E-state index contributed by atoms with van der Waals surface area (Å²) < 4.78 is 0. The van der Waals surface area contributed by atoms with Crippen molar-refractivity contribution in [1.29, 1.82) is 0 Å². The minimum atomic E-state index is -0.248. The van der Waals surface area contributed by atoms with Crippen LogP contribution < -0.4 is 10.6 Å². The number of amides is 1.